The van der Waals surface area contributed by atoms with Gasteiger partial charge in [-0.15, -0.1) is 17.9 Å². The summed E-state index contributed by atoms with van der Waals surface area (Å²) >= 11 is 1.44. The van der Waals surface area contributed by atoms with Gasteiger partial charge in [0, 0.05) is 18.0 Å². The first-order valence-corrected chi connectivity index (χ1v) is 7.04. The molecule has 2 N–H and O–H groups in total. The van der Waals surface area contributed by atoms with Crippen LogP contribution in [0.1, 0.15) is 17.8 Å². The van der Waals surface area contributed by atoms with E-state index in [-0.39, 0.29) is 0 Å². The lowest BCUT2D eigenvalue weighted by atomic mass is 10.2. The maximum Gasteiger partial charge on any atom is 0.212 e. The second-order valence-electron chi connectivity index (χ2n) is 3.21. The van der Waals surface area contributed by atoms with E-state index in [9.17, 15) is 8.42 Å². The van der Waals surface area contributed by atoms with E-state index in [2.05, 4.69) is 11.6 Å². The van der Waals surface area contributed by atoms with Crippen molar-refractivity contribution in [2.24, 2.45) is 5.14 Å². The first-order chi connectivity index (χ1) is 7.04. The highest BCUT2D eigenvalue weighted by molar-refractivity contribution is 7.89. The van der Waals surface area contributed by atoms with Crippen LogP contribution in [0.15, 0.2) is 24.2 Å². The van der Waals surface area contributed by atoms with Crippen molar-refractivity contribution in [3.8, 4) is 0 Å². The second-order valence-corrected chi connectivity index (χ2v) is 6.03. The molecule has 0 aliphatic heterocycles. The summed E-state index contributed by atoms with van der Waals surface area (Å²) in [7, 11) is -3.49. The minimum absolute atomic E-state index is 0.393. The van der Waals surface area contributed by atoms with Crippen molar-refractivity contribution < 1.29 is 8.42 Å². The largest absolute Gasteiger partial charge is 0.250 e. The predicted molar refractivity (Wildman–Crippen MR) is 62.1 cm³/mol. The van der Waals surface area contributed by atoms with Crippen LogP contribution in [0.3, 0.4) is 0 Å². The molecule has 0 fully saturated rings. The van der Waals surface area contributed by atoms with Gasteiger partial charge in [-0.1, -0.05) is 6.08 Å². The number of rotatable bonds is 6. The molecule has 0 aliphatic carbocycles. The second kappa shape index (κ2) is 5.39. The van der Waals surface area contributed by atoms with Crippen LogP contribution in [0, 0.1) is 0 Å². The lowest BCUT2D eigenvalue weighted by Gasteiger charge is -2.11. The van der Waals surface area contributed by atoms with Crippen molar-refractivity contribution in [3.63, 3.8) is 0 Å². The van der Waals surface area contributed by atoms with Gasteiger partial charge in [0.1, 0.15) is 0 Å². The van der Waals surface area contributed by atoms with Gasteiger partial charge in [0.25, 0.3) is 0 Å². The SMILES string of the molecule is C=CCC[C@H](Cc1nccs1)S(N)(=O)=O. The first kappa shape index (κ1) is 12.4. The van der Waals surface area contributed by atoms with Gasteiger partial charge in [-0.05, 0) is 12.8 Å². The van der Waals surface area contributed by atoms with Crippen LogP contribution in [0.4, 0.5) is 0 Å². The zero-order valence-corrected chi connectivity index (χ0v) is 9.93. The maximum atomic E-state index is 11.3. The monoisotopic (exact) mass is 246 g/mol. The lowest BCUT2D eigenvalue weighted by molar-refractivity contribution is 0.571. The number of allylic oxidation sites excluding steroid dienone is 1. The van der Waals surface area contributed by atoms with Gasteiger partial charge in [-0.2, -0.15) is 0 Å². The Kier molecular flexibility index (Phi) is 4.44. The van der Waals surface area contributed by atoms with Crippen LogP contribution >= 0.6 is 11.3 Å². The third-order valence-corrected chi connectivity index (χ3v) is 4.18. The van der Waals surface area contributed by atoms with E-state index >= 15 is 0 Å². The van der Waals surface area contributed by atoms with Crippen LogP contribution in [0.2, 0.25) is 0 Å². The molecular weight excluding hydrogens is 232 g/mol. The average molecular weight is 246 g/mol. The number of nitrogens with zero attached hydrogens (tertiary/aromatic N) is 1. The molecule has 1 aromatic rings. The van der Waals surface area contributed by atoms with Crippen LogP contribution < -0.4 is 5.14 Å². The minimum Gasteiger partial charge on any atom is -0.250 e. The van der Waals surface area contributed by atoms with Crippen molar-refractivity contribution in [1.82, 2.24) is 4.98 Å². The Morgan fingerprint density at radius 1 is 1.67 bits per heavy atom. The van der Waals surface area contributed by atoms with Crippen molar-refractivity contribution >= 4 is 21.4 Å². The standard InChI is InChI=1S/C9H14N2O2S2/c1-2-3-4-8(15(10,12)13)7-9-11-5-6-14-9/h2,5-6,8H,1,3-4,7H2,(H2,10,12,13)/t8-/m1/s1. The first-order valence-electron chi connectivity index (χ1n) is 4.55. The molecule has 4 nitrogen and oxygen atoms in total. The molecule has 15 heavy (non-hydrogen) atoms. The zero-order chi connectivity index (χ0) is 11.3. The van der Waals surface area contributed by atoms with E-state index in [0.29, 0.717) is 19.3 Å². The fourth-order valence-corrected chi connectivity index (χ4v) is 2.89. The molecule has 1 rings (SSSR count). The molecule has 0 amide bonds. The molecule has 0 bridgehead atoms. The molecule has 84 valence electrons. The summed E-state index contributed by atoms with van der Waals surface area (Å²) in [5.41, 5.74) is 0. The molecule has 1 atom stereocenters. The molecule has 0 saturated heterocycles. The van der Waals surface area contributed by atoms with Gasteiger partial charge >= 0.3 is 0 Å². The maximum absolute atomic E-state index is 11.3. The lowest BCUT2D eigenvalue weighted by Crippen LogP contribution is -2.30. The Bertz CT molecular complexity index is 398. The van der Waals surface area contributed by atoms with Crippen LogP contribution in [-0.4, -0.2) is 18.7 Å². The highest BCUT2D eigenvalue weighted by Gasteiger charge is 2.21. The molecule has 1 heterocycles. The average Bonchev–Trinajstić information content (AvgIpc) is 2.62. The van der Waals surface area contributed by atoms with Crippen molar-refractivity contribution in [2.45, 2.75) is 24.5 Å². The van der Waals surface area contributed by atoms with Gasteiger partial charge in [0.2, 0.25) is 10.0 Å². The van der Waals surface area contributed by atoms with Gasteiger partial charge < -0.3 is 0 Å². The summed E-state index contributed by atoms with van der Waals surface area (Å²) in [6, 6.07) is 0. The van der Waals surface area contributed by atoms with Crippen molar-refractivity contribution in [2.75, 3.05) is 0 Å². The number of thiazole rings is 1. The third-order valence-electron chi connectivity index (χ3n) is 2.04. The molecule has 6 heteroatoms. The number of sulfonamides is 1. The van der Waals surface area contributed by atoms with E-state index in [1.807, 2.05) is 5.38 Å². The third kappa shape index (κ3) is 4.11. The smallest absolute Gasteiger partial charge is 0.212 e. The van der Waals surface area contributed by atoms with Gasteiger partial charge in [-0.3, -0.25) is 0 Å². The normalized spacial score (nSPS) is 13.7. The Morgan fingerprint density at radius 3 is 2.87 bits per heavy atom. The summed E-state index contributed by atoms with van der Waals surface area (Å²) in [5.74, 6) is 0. The Labute approximate surface area is 93.9 Å². The van der Waals surface area contributed by atoms with E-state index < -0.39 is 15.3 Å². The summed E-state index contributed by atoms with van der Waals surface area (Å²) < 4.78 is 22.6. The van der Waals surface area contributed by atoms with E-state index in [4.69, 9.17) is 5.14 Å². The number of aromatic nitrogens is 1. The fourth-order valence-electron chi connectivity index (χ4n) is 1.23. The van der Waals surface area contributed by atoms with Crippen molar-refractivity contribution in [3.05, 3.63) is 29.2 Å². The summed E-state index contributed by atoms with van der Waals surface area (Å²) in [6.45, 7) is 3.56. The highest BCUT2D eigenvalue weighted by Crippen LogP contribution is 2.15. The van der Waals surface area contributed by atoms with Gasteiger partial charge in [0.15, 0.2) is 0 Å². The topological polar surface area (TPSA) is 73.0 Å². The Balaban J connectivity index is 2.69. The number of nitrogens with two attached hydrogens (primary N) is 1. The molecule has 0 saturated carbocycles. The van der Waals surface area contributed by atoms with E-state index in [1.54, 1.807) is 12.3 Å². The van der Waals surface area contributed by atoms with Crippen LogP contribution in [0.5, 0.6) is 0 Å². The van der Waals surface area contributed by atoms with Gasteiger partial charge in [0.05, 0.1) is 10.3 Å². The number of hydrogen-bond donors (Lipinski definition) is 1. The van der Waals surface area contributed by atoms with Gasteiger partial charge in [-0.25, -0.2) is 18.5 Å². The molecule has 0 radical (unpaired) electrons. The molecule has 1 aromatic heterocycles. The quantitative estimate of drug-likeness (QED) is 0.769. The molecule has 0 aromatic carbocycles. The molecule has 0 spiro atoms. The Hall–Kier alpha value is -0.720. The minimum atomic E-state index is -3.49. The van der Waals surface area contributed by atoms with Crippen LogP contribution in [0.25, 0.3) is 0 Å². The van der Waals surface area contributed by atoms with E-state index in [0.717, 1.165) is 5.01 Å². The molecule has 0 unspecified atom stereocenters. The number of primary sulfonamides is 1. The predicted octanol–water partition coefficient (Wildman–Crippen LogP) is 1.31. The fraction of sp³-hybridized carbons (Fsp3) is 0.444. The summed E-state index contributed by atoms with van der Waals surface area (Å²) in [4.78, 5) is 4.05. The zero-order valence-electron chi connectivity index (χ0n) is 8.30. The Morgan fingerprint density at radius 2 is 2.40 bits per heavy atom. The highest BCUT2D eigenvalue weighted by atomic mass is 32.2. The van der Waals surface area contributed by atoms with Crippen molar-refractivity contribution in [1.29, 1.82) is 0 Å². The molecular formula is C9H14N2O2S2. The summed E-state index contributed by atoms with van der Waals surface area (Å²) in [6.07, 6.45) is 4.90. The van der Waals surface area contributed by atoms with Crippen LogP contribution in [-0.2, 0) is 16.4 Å². The van der Waals surface area contributed by atoms with E-state index in [1.165, 1.54) is 11.3 Å². The molecule has 0 aliphatic rings. The summed E-state index contributed by atoms with van der Waals surface area (Å²) in [5, 5.41) is 7.22. The number of hydrogen-bond acceptors (Lipinski definition) is 4.